The Kier molecular flexibility index (Phi) is 4.53. The molecule has 1 aliphatic carbocycles. The Morgan fingerprint density at radius 2 is 1.92 bits per heavy atom. The zero-order chi connectivity index (χ0) is 18.3. The number of anilines is 2. The molecule has 0 spiro atoms. The van der Waals surface area contributed by atoms with Crippen LogP contribution in [-0.2, 0) is 25.1 Å². The molecule has 10 heteroatoms. The first-order valence-corrected chi connectivity index (χ1v) is 10.3. The number of fused-ring (bicyclic) bond motifs is 3. The summed E-state index contributed by atoms with van der Waals surface area (Å²) in [5.74, 6) is 1.09. The standard InChI is InChI=1S/C16H19N7OS2/c1-2-6-23-13(24)11-8-4-3-5-9(8)26-12(11)21-16(23)25-7-10-19-14(17)22-15(18)20-10/h2-7H2,1H3,(H4,17,18,19,20,22). The average Bonchev–Trinajstić information content (AvgIpc) is 3.15. The first kappa shape index (κ1) is 17.2. The van der Waals surface area contributed by atoms with Gasteiger partial charge in [-0.15, -0.1) is 11.3 Å². The van der Waals surface area contributed by atoms with Gasteiger partial charge in [-0.25, -0.2) is 4.98 Å². The zero-order valence-corrected chi connectivity index (χ0v) is 16.0. The predicted octanol–water partition coefficient (Wildman–Crippen LogP) is 2.00. The van der Waals surface area contributed by atoms with Crippen LogP contribution in [-0.4, -0.2) is 24.5 Å². The van der Waals surface area contributed by atoms with E-state index in [1.807, 2.05) is 0 Å². The van der Waals surface area contributed by atoms with Crippen molar-refractivity contribution in [1.29, 1.82) is 0 Å². The molecule has 3 aromatic rings. The highest BCUT2D eigenvalue weighted by molar-refractivity contribution is 7.98. The number of thioether (sulfide) groups is 1. The summed E-state index contributed by atoms with van der Waals surface area (Å²) in [6.45, 7) is 2.69. The fraction of sp³-hybridized carbons (Fsp3) is 0.438. The summed E-state index contributed by atoms with van der Waals surface area (Å²) in [6, 6.07) is 0. The van der Waals surface area contributed by atoms with Crippen LogP contribution in [0.15, 0.2) is 9.95 Å². The Hall–Kier alpha value is -2.20. The maximum Gasteiger partial charge on any atom is 0.263 e. The van der Waals surface area contributed by atoms with E-state index in [4.69, 9.17) is 16.5 Å². The van der Waals surface area contributed by atoms with Gasteiger partial charge in [0.05, 0.1) is 11.1 Å². The molecule has 4 rings (SSSR count). The number of hydrogen-bond donors (Lipinski definition) is 2. The molecule has 0 saturated carbocycles. The van der Waals surface area contributed by atoms with Crippen LogP contribution in [0.1, 0.15) is 36.0 Å². The van der Waals surface area contributed by atoms with Crippen molar-refractivity contribution < 1.29 is 0 Å². The molecule has 0 amide bonds. The van der Waals surface area contributed by atoms with Gasteiger partial charge in [-0.05, 0) is 31.2 Å². The molecule has 0 bridgehead atoms. The van der Waals surface area contributed by atoms with Crippen LogP contribution in [0, 0.1) is 0 Å². The number of thiophene rings is 1. The summed E-state index contributed by atoms with van der Waals surface area (Å²) in [6.07, 6.45) is 4.02. The lowest BCUT2D eigenvalue weighted by Gasteiger charge is -2.11. The molecule has 0 aliphatic heterocycles. The monoisotopic (exact) mass is 389 g/mol. The number of hydrogen-bond acceptors (Lipinski definition) is 9. The predicted molar refractivity (Wildman–Crippen MR) is 104 cm³/mol. The van der Waals surface area contributed by atoms with Gasteiger partial charge in [0.2, 0.25) is 11.9 Å². The molecule has 8 nitrogen and oxygen atoms in total. The Morgan fingerprint density at radius 1 is 1.15 bits per heavy atom. The highest BCUT2D eigenvalue weighted by atomic mass is 32.2. The molecule has 1 aliphatic rings. The molecular weight excluding hydrogens is 370 g/mol. The highest BCUT2D eigenvalue weighted by Gasteiger charge is 2.23. The molecule has 136 valence electrons. The summed E-state index contributed by atoms with van der Waals surface area (Å²) in [5, 5.41) is 1.50. The summed E-state index contributed by atoms with van der Waals surface area (Å²) in [4.78, 5) is 32.0. The number of nitrogens with two attached hydrogens (primary N) is 2. The normalized spacial score (nSPS) is 13.4. The van der Waals surface area contributed by atoms with Gasteiger partial charge in [0.15, 0.2) is 5.16 Å². The molecule has 0 fully saturated rings. The minimum absolute atomic E-state index is 0.0634. The van der Waals surface area contributed by atoms with Gasteiger partial charge in [-0.2, -0.15) is 15.0 Å². The van der Waals surface area contributed by atoms with Crippen molar-refractivity contribution in [2.24, 2.45) is 0 Å². The van der Waals surface area contributed by atoms with Gasteiger partial charge in [0, 0.05) is 11.4 Å². The lowest BCUT2D eigenvalue weighted by atomic mass is 10.2. The van der Waals surface area contributed by atoms with Crippen LogP contribution in [0.4, 0.5) is 11.9 Å². The molecule has 0 saturated heterocycles. The Morgan fingerprint density at radius 3 is 2.65 bits per heavy atom. The van der Waals surface area contributed by atoms with Crippen LogP contribution >= 0.6 is 23.1 Å². The molecule has 0 aromatic carbocycles. The van der Waals surface area contributed by atoms with Crippen molar-refractivity contribution in [3.8, 4) is 0 Å². The molecule has 3 aromatic heterocycles. The number of aromatic nitrogens is 5. The summed E-state index contributed by atoms with van der Waals surface area (Å²) in [5.41, 5.74) is 12.5. The molecule has 26 heavy (non-hydrogen) atoms. The fourth-order valence-electron chi connectivity index (χ4n) is 3.24. The second kappa shape index (κ2) is 6.84. The lowest BCUT2D eigenvalue weighted by molar-refractivity contribution is 0.585. The van der Waals surface area contributed by atoms with E-state index in [0.717, 1.165) is 35.9 Å². The first-order valence-electron chi connectivity index (χ1n) is 8.50. The minimum atomic E-state index is 0.0634. The number of rotatable bonds is 5. The molecule has 0 radical (unpaired) electrons. The van der Waals surface area contributed by atoms with Crippen molar-refractivity contribution in [1.82, 2.24) is 24.5 Å². The third-order valence-electron chi connectivity index (χ3n) is 4.28. The quantitative estimate of drug-likeness (QED) is 0.501. The van der Waals surface area contributed by atoms with Gasteiger partial charge in [0.1, 0.15) is 10.7 Å². The van der Waals surface area contributed by atoms with Crippen LogP contribution in [0.5, 0.6) is 0 Å². The maximum absolute atomic E-state index is 13.1. The lowest BCUT2D eigenvalue weighted by Crippen LogP contribution is -2.23. The number of aryl methyl sites for hydroxylation is 2. The van der Waals surface area contributed by atoms with E-state index in [0.29, 0.717) is 23.3 Å². The topological polar surface area (TPSA) is 126 Å². The van der Waals surface area contributed by atoms with E-state index in [9.17, 15) is 4.79 Å². The van der Waals surface area contributed by atoms with Crippen LogP contribution in [0.3, 0.4) is 0 Å². The SMILES string of the molecule is CCCn1c(SCc2nc(N)nc(N)n2)nc2sc3c(c2c1=O)CCC3. The number of nitrogens with zero attached hydrogens (tertiary/aromatic N) is 5. The molecule has 0 atom stereocenters. The van der Waals surface area contributed by atoms with Crippen LogP contribution in [0.25, 0.3) is 10.2 Å². The van der Waals surface area contributed by atoms with E-state index < -0.39 is 0 Å². The summed E-state index contributed by atoms with van der Waals surface area (Å²) >= 11 is 3.07. The molecule has 3 heterocycles. The Labute approximate surface area is 158 Å². The van der Waals surface area contributed by atoms with Gasteiger partial charge >= 0.3 is 0 Å². The van der Waals surface area contributed by atoms with Crippen molar-refractivity contribution >= 4 is 45.2 Å². The molecule has 4 N–H and O–H groups in total. The van der Waals surface area contributed by atoms with E-state index in [1.165, 1.54) is 22.2 Å². The first-order chi connectivity index (χ1) is 12.6. The van der Waals surface area contributed by atoms with Gasteiger partial charge in [-0.3, -0.25) is 9.36 Å². The van der Waals surface area contributed by atoms with E-state index in [2.05, 4.69) is 21.9 Å². The summed E-state index contributed by atoms with van der Waals surface area (Å²) < 4.78 is 1.77. The average molecular weight is 390 g/mol. The maximum atomic E-state index is 13.1. The smallest absolute Gasteiger partial charge is 0.263 e. The van der Waals surface area contributed by atoms with Gasteiger partial charge < -0.3 is 11.5 Å². The van der Waals surface area contributed by atoms with Crippen molar-refractivity contribution in [3.05, 3.63) is 26.6 Å². The third kappa shape index (κ3) is 3.03. The van der Waals surface area contributed by atoms with E-state index >= 15 is 0 Å². The van der Waals surface area contributed by atoms with Gasteiger partial charge in [0.25, 0.3) is 5.56 Å². The second-order valence-corrected chi connectivity index (χ2v) is 8.17. The van der Waals surface area contributed by atoms with Crippen molar-refractivity contribution in [3.63, 3.8) is 0 Å². The van der Waals surface area contributed by atoms with E-state index in [1.54, 1.807) is 15.9 Å². The summed E-state index contributed by atoms with van der Waals surface area (Å²) in [7, 11) is 0. The van der Waals surface area contributed by atoms with Gasteiger partial charge in [-0.1, -0.05) is 18.7 Å². The highest BCUT2D eigenvalue weighted by Crippen LogP contribution is 2.35. The zero-order valence-electron chi connectivity index (χ0n) is 14.4. The number of nitrogen functional groups attached to an aromatic ring is 2. The molecule has 0 unspecified atom stereocenters. The minimum Gasteiger partial charge on any atom is -0.368 e. The van der Waals surface area contributed by atoms with Crippen LogP contribution < -0.4 is 17.0 Å². The van der Waals surface area contributed by atoms with Crippen molar-refractivity contribution in [2.45, 2.75) is 50.1 Å². The fourth-order valence-corrected chi connectivity index (χ4v) is 5.42. The second-order valence-electron chi connectivity index (χ2n) is 6.15. The van der Waals surface area contributed by atoms with Crippen LogP contribution in [0.2, 0.25) is 0 Å². The van der Waals surface area contributed by atoms with Crippen molar-refractivity contribution in [2.75, 3.05) is 11.5 Å². The third-order valence-corrected chi connectivity index (χ3v) is 6.44. The Balaban J connectivity index is 1.74. The Bertz CT molecular complexity index is 1020. The largest absolute Gasteiger partial charge is 0.368 e. The van der Waals surface area contributed by atoms with E-state index in [-0.39, 0.29) is 17.5 Å². The molecular formula is C16H19N7OS2.